The summed E-state index contributed by atoms with van der Waals surface area (Å²) in [6, 6.07) is 8.03. The summed E-state index contributed by atoms with van der Waals surface area (Å²) in [5.74, 6) is 0.852. The Morgan fingerprint density at radius 2 is 2.06 bits per heavy atom. The Balaban J connectivity index is 2.23. The summed E-state index contributed by atoms with van der Waals surface area (Å²) in [4.78, 5) is 0. The van der Waals surface area contributed by atoms with Gasteiger partial charge in [-0.1, -0.05) is 24.3 Å². The van der Waals surface area contributed by atoms with Gasteiger partial charge in [-0.3, -0.25) is 0 Å². The minimum atomic E-state index is 0.552. The van der Waals surface area contributed by atoms with Crippen LogP contribution in [0.1, 0.15) is 5.56 Å². The van der Waals surface area contributed by atoms with E-state index < -0.39 is 0 Å². The van der Waals surface area contributed by atoms with Gasteiger partial charge in [0.15, 0.2) is 5.82 Å². The van der Waals surface area contributed by atoms with E-state index in [9.17, 15) is 0 Å². The van der Waals surface area contributed by atoms with Gasteiger partial charge in [0, 0.05) is 25.8 Å². The third kappa shape index (κ3) is 2.69. The van der Waals surface area contributed by atoms with Crippen LogP contribution in [-0.4, -0.2) is 28.5 Å². The lowest BCUT2D eigenvalue weighted by molar-refractivity contribution is 0.187. The van der Waals surface area contributed by atoms with Gasteiger partial charge in [-0.15, -0.1) is 10.2 Å². The fraction of sp³-hybridized carbons (Fsp3) is 0.333. The number of aromatic nitrogens is 3. The van der Waals surface area contributed by atoms with E-state index in [1.807, 2.05) is 28.8 Å². The van der Waals surface area contributed by atoms with E-state index in [0.29, 0.717) is 13.2 Å². The Bertz CT molecular complexity index is 464. The number of nitrogens with zero attached hydrogens (tertiary/aromatic N) is 3. The summed E-state index contributed by atoms with van der Waals surface area (Å²) in [6.45, 7) is 1.94. The second-order valence-electron chi connectivity index (χ2n) is 3.74. The summed E-state index contributed by atoms with van der Waals surface area (Å²) in [5.41, 5.74) is 7.71. The van der Waals surface area contributed by atoms with Crippen LogP contribution in [0.3, 0.4) is 0 Å². The van der Waals surface area contributed by atoms with E-state index >= 15 is 0 Å². The molecule has 2 rings (SSSR count). The van der Waals surface area contributed by atoms with E-state index in [4.69, 9.17) is 10.5 Å². The van der Waals surface area contributed by atoms with Crippen molar-refractivity contribution in [2.75, 3.05) is 13.7 Å². The molecule has 2 N–H and O–H groups in total. The van der Waals surface area contributed by atoms with Crippen LogP contribution in [0.5, 0.6) is 0 Å². The monoisotopic (exact) mass is 232 g/mol. The maximum atomic E-state index is 5.56. The molecule has 0 aliphatic heterocycles. The molecule has 1 aromatic carbocycles. The molecule has 0 fully saturated rings. The van der Waals surface area contributed by atoms with Crippen LogP contribution in [-0.2, 0) is 17.8 Å². The van der Waals surface area contributed by atoms with E-state index in [2.05, 4.69) is 10.2 Å². The largest absolute Gasteiger partial charge is 0.383 e. The van der Waals surface area contributed by atoms with Crippen molar-refractivity contribution in [2.24, 2.45) is 5.73 Å². The van der Waals surface area contributed by atoms with Crippen molar-refractivity contribution in [3.8, 4) is 11.4 Å². The van der Waals surface area contributed by atoms with Crippen molar-refractivity contribution in [3.05, 3.63) is 36.2 Å². The zero-order chi connectivity index (χ0) is 12.1. The molecule has 0 atom stereocenters. The van der Waals surface area contributed by atoms with Crippen molar-refractivity contribution in [2.45, 2.75) is 13.1 Å². The van der Waals surface area contributed by atoms with Crippen molar-refractivity contribution < 1.29 is 4.74 Å². The van der Waals surface area contributed by atoms with Gasteiger partial charge in [0.25, 0.3) is 0 Å². The molecule has 0 saturated heterocycles. The first-order chi connectivity index (χ1) is 8.35. The molecule has 0 aliphatic rings. The SMILES string of the molecule is COCCn1cnnc1-c1ccc(CN)cc1. The lowest BCUT2D eigenvalue weighted by atomic mass is 10.1. The van der Waals surface area contributed by atoms with Gasteiger partial charge in [-0.25, -0.2) is 0 Å². The fourth-order valence-electron chi connectivity index (χ4n) is 1.62. The number of benzene rings is 1. The predicted octanol–water partition coefficient (Wildman–Crippen LogP) is 1.05. The molecule has 90 valence electrons. The number of hydrogen-bond acceptors (Lipinski definition) is 4. The molecule has 1 heterocycles. The molecule has 0 bridgehead atoms. The smallest absolute Gasteiger partial charge is 0.163 e. The fourth-order valence-corrected chi connectivity index (χ4v) is 1.62. The number of hydrogen-bond donors (Lipinski definition) is 1. The average molecular weight is 232 g/mol. The summed E-state index contributed by atoms with van der Waals surface area (Å²) in [7, 11) is 1.68. The Labute approximate surface area is 100 Å². The van der Waals surface area contributed by atoms with Crippen LogP contribution >= 0.6 is 0 Å². The third-order valence-corrected chi connectivity index (χ3v) is 2.60. The molecule has 0 saturated carbocycles. The molecule has 2 aromatic rings. The molecule has 17 heavy (non-hydrogen) atoms. The second-order valence-corrected chi connectivity index (χ2v) is 3.74. The summed E-state index contributed by atoms with van der Waals surface area (Å²) < 4.78 is 7.02. The van der Waals surface area contributed by atoms with Gasteiger partial charge in [0.1, 0.15) is 6.33 Å². The van der Waals surface area contributed by atoms with Gasteiger partial charge >= 0.3 is 0 Å². The van der Waals surface area contributed by atoms with Crippen molar-refractivity contribution in [1.29, 1.82) is 0 Å². The summed E-state index contributed by atoms with van der Waals surface area (Å²) in [5, 5.41) is 8.05. The lowest BCUT2D eigenvalue weighted by Crippen LogP contribution is -2.05. The highest BCUT2D eigenvalue weighted by atomic mass is 16.5. The number of rotatable bonds is 5. The van der Waals surface area contributed by atoms with Crippen LogP contribution in [0.25, 0.3) is 11.4 Å². The molecule has 5 nitrogen and oxygen atoms in total. The summed E-state index contributed by atoms with van der Waals surface area (Å²) in [6.07, 6.45) is 1.71. The highest BCUT2D eigenvalue weighted by molar-refractivity contribution is 5.55. The summed E-state index contributed by atoms with van der Waals surface area (Å²) >= 11 is 0. The maximum Gasteiger partial charge on any atom is 0.163 e. The molecule has 0 unspecified atom stereocenters. The van der Waals surface area contributed by atoms with E-state index in [0.717, 1.165) is 23.5 Å². The van der Waals surface area contributed by atoms with Crippen LogP contribution < -0.4 is 5.73 Å². The van der Waals surface area contributed by atoms with Gasteiger partial charge in [0.2, 0.25) is 0 Å². The van der Waals surface area contributed by atoms with Crippen molar-refractivity contribution >= 4 is 0 Å². The number of nitrogens with two attached hydrogens (primary N) is 1. The van der Waals surface area contributed by atoms with E-state index in [-0.39, 0.29) is 0 Å². The number of methoxy groups -OCH3 is 1. The Kier molecular flexibility index (Phi) is 3.85. The van der Waals surface area contributed by atoms with Crippen molar-refractivity contribution in [3.63, 3.8) is 0 Å². The Morgan fingerprint density at radius 3 is 2.71 bits per heavy atom. The highest BCUT2D eigenvalue weighted by Gasteiger charge is 2.06. The minimum absolute atomic E-state index is 0.552. The molecule has 0 spiro atoms. The zero-order valence-corrected chi connectivity index (χ0v) is 9.84. The van der Waals surface area contributed by atoms with Gasteiger partial charge in [0.05, 0.1) is 6.61 Å². The molecule has 0 aliphatic carbocycles. The first kappa shape index (κ1) is 11.8. The third-order valence-electron chi connectivity index (χ3n) is 2.60. The zero-order valence-electron chi connectivity index (χ0n) is 9.84. The highest BCUT2D eigenvalue weighted by Crippen LogP contribution is 2.17. The van der Waals surface area contributed by atoms with E-state index in [1.165, 1.54) is 0 Å². The molecular formula is C12H16N4O. The van der Waals surface area contributed by atoms with Crippen LogP contribution in [0.2, 0.25) is 0 Å². The lowest BCUT2D eigenvalue weighted by Gasteiger charge is -2.06. The molecular weight excluding hydrogens is 216 g/mol. The molecule has 0 amide bonds. The first-order valence-corrected chi connectivity index (χ1v) is 5.51. The maximum absolute atomic E-state index is 5.56. The minimum Gasteiger partial charge on any atom is -0.383 e. The molecule has 5 heteroatoms. The predicted molar refractivity (Wildman–Crippen MR) is 65.2 cm³/mol. The quantitative estimate of drug-likeness (QED) is 0.836. The van der Waals surface area contributed by atoms with Crippen LogP contribution in [0.15, 0.2) is 30.6 Å². The average Bonchev–Trinajstić information content (AvgIpc) is 2.84. The Hall–Kier alpha value is -1.72. The normalized spacial score (nSPS) is 10.7. The van der Waals surface area contributed by atoms with Crippen LogP contribution in [0.4, 0.5) is 0 Å². The van der Waals surface area contributed by atoms with E-state index in [1.54, 1.807) is 13.4 Å². The second kappa shape index (κ2) is 5.56. The van der Waals surface area contributed by atoms with Crippen molar-refractivity contribution in [1.82, 2.24) is 14.8 Å². The molecule has 1 aromatic heterocycles. The van der Waals surface area contributed by atoms with Gasteiger partial charge in [-0.2, -0.15) is 0 Å². The van der Waals surface area contributed by atoms with Gasteiger partial charge < -0.3 is 15.0 Å². The molecule has 0 radical (unpaired) electrons. The number of ether oxygens (including phenoxy) is 1. The first-order valence-electron chi connectivity index (χ1n) is 5.51. The Morgan fingerprint density at radius 1 is 1.29 bits per heavy atom. The standard InChI is InChI=1S/C12H16N4O/c1-17-7-6-16-9-14-15-12(16)11-4-2-10(8-13)3-5-11/h2-5,9H,6-8,13H2,1H3. The van der Waals surface area contributed by atoms with Gasteiger partial charge in [-0.05, 0) is 5.56 Å². The van der Waals surface area contributed by atoms with Crippen LogP contribution in [0, 0.1) is 0 Å². The topological polar surface area (TPSA) is 66.0 Å².